The normalized spacial score (nSPS) is 11.3. The SMILES string of the molecule is C/C(=N\NC(=O)c1sc(N)nc1C)c1cccc([N+](=O)[O-])c1. The molecule has 0 bridgehead atoms. The summed E-state index contributed by atoms with van der Waals surface area (Å²) in [5.74, 6) is -0.420. The van der Waals surface area contributed by atoms with E-state index in [0.717, 1.165) is 11.3 Å². The molecule has 1 aromatic heterocycles. The molecule has 0 aliphatic rings. The fourth-order valence-electron chi connectivity index (χ4n) is 1.72. The van der Waals surface area contributed by atoms with E-state index < -0.39 is 10.8 Å². The van der Waals surface area contributed by atoms with Crippen molar-refractivity contribution < 1.29 is 9.72 Å². The van der Waals surface area contributed by atoms with Crippen LogP contribution in [0.2, 0.25) is 0 Å². The number of amides is 1. The lowest BCUT2D eigenvalue weighted by Crippen LogP contribution is -2.19. The zero-order valence-electron chi connectivity index (χ0n) is 11.9. The molecule has 3 N–H and O–H groups in total. The fourth-order valence-corrected chi connectivity index (χ4v) is 2.45. The number of hydrogen-bond acceptors (Lipinski definition) is 7. The number of benzene rings is 1. The van der Waals surface area contributed by atoms with Crippen molar-refractivity contribution in [1.82, 2.24) is 10.4 Å². The molecule has 2 aromatic rings. The van der Waals surface area contributed by atoms with Crippen molar-refractivity contribution in [2.45, 2.75) is 13.8 Å². The minimum absolute atomic E-state index is 0.0375. The summed E-state index contributed by atoms with van der Waals surface area (Å²) in [5.41, 5.74) is 9.43. The highest BCUT2D eigenvalue weighted by atomic mass is 32.1. The molecular formula is C13H13N5O3S. The van der Waals surface area contributed by atoms with Crippen molar-refractivity contribution in [3.05, 3.63) is 50.5 Å². The third kappa shape index (κ3) is 3.44. The van der Waals surface area contributed by atoms with Crippen LogP contribution in [0.25, 0.3) is 0 Å². The lowest BCUT2D eigenvalue weighted by atomic mass is 10.1. The molecule has 1 heterocycles. The molecule has 8 nitrogen and oxygen atoms in total. The summed E-state index contributed by atoms with van der Waals surface area (Å²) >= 11 is 1.07. The number of carbonyl (C=O) groups is 1. The van der Waals surface area contributed by atoms with E-state index in [1.165, 1.54) is 12.1 Å². The number of nitro groups is 1. The van der Waals surface area contributed by atoms with Gasteiger partial charge in [0.2, 0.25) is 0 Å². The number of nitrogens with zero attached hydrogens (tertiary/aromatic N) is 3. The first-order valence-electron chi connectivity index (χ1n) is 6.21. The molecule has 0 aliphatic carbocycles. The molecule has 9 heteroatoms. The standard InChI is InChI=1S/C13H13N5O3S/c1-7(9-4-3-5-10(6-9)18(20)21)16-17-12(19)11-8(2)15-13(14)22-11/h3-6H,1-2H3,(H2,14,15)(H,17,19)/b16-7+. The number of nitrogens with one attached hydrogen (secondary N) is 1. The Morgan fingerprint density at radius 3 is 2.82 bits per heavy atom. The van der Waals surface area contributed by atoms with Crippen molar-refractivity contribution in [3.8, 4) is 0 Å². The predicted octanol–water partition coefficient (Wildman–Crippen LogP) is 2.10. The number of thiazole rings is 1. The van der Waals surface area contributed by atoms with E-state index in [1.807, 2.05) is 0 Å². The molecule has 0 saturated heterocycles. The Hall–Kier alpha value is -2.81. The molecule has 0 fully saturated rings. The van der Waals surface area contributed by atoms with Gasteiger partial charge < -0.3 is 5.73 Å². The van der Waals surface area contributed by atoms with E-state index in [4.69, 9.17) is 5.73 Å². The maximum Gasteiger partial charge on any atom is 0.283 e. The second-order valence-electron chi connectivity index (χ2n) is 4.41. The number of aryl methyl sites for hydroxylation is 1. The third-order valence-electron chi connectivity index (χ3n) is 2.82. The number of aromatic nitrogens is 1. The molecular weight excluding hydrogens is 306 g/mol. The second kappa shape index (κ2) is 6.31. The van der Waals surface area contributed by atoms with Crippen LogP contribution < -0.4 is 11.2 Å². The molecule has 0 radical (unpaired) electrons. The maximum absolute atomic E-state index is 12.0. The van der Waals surface area contributed by atoms with E-state index in [1.54, 1.807) is 26.0 Å². The van der Waals surface area contributed by atoms with Gasteiger partial charge in [-0.1, -0.05) is 23.5 Å². The van der Waals surface area contributed by atoms with Gasteiger partial charge >= 0.3 is 0 Å². The number of anilines is 1. The lowest BCUT2D eigenvalue weighted by Gasteiger charge is -2.02. The van der Waals surface area contributed by atoms with Crippen LogP contribution in [0.1, 0.15) is 27.9 Å². The monoisotopic (exact) mass is 319 g/mol. The topological polar surface area (TPSA) is 124 Å². The Morgan fingerprint density at radius 2 is 2.23 bits per heavy atom. The number of rotatable bonds is 4. The molecule has 114 valence electrons. The first-order valence-corrected chi connectivity index (χ1v) is 7.02. The number of nitrogen functional groups attached to an aromatic ring is 1. The summed E-state index contributed by atoms with van der Waals surface area (Å²) in [6.45, 7) is 3.33. The average molecular weight is 319 g/mol. The van der Waals surface area contributed by atoms with Crippen molar-refractivity contribution in [3.63, 3.8) is 0 Å². The van der Waals surface area contributed by atoms with Gasteiger partial charge in [0.1, 0.15) is 4.88 Å². The number of nitro benzene ring substituents is 1. The van der Waals surface area contributed by atoms with Crippen LogP contribution >= 0.6 is 11.3 Å². The largest absolute Gasteiger partial charge is 0.375 e. The van der Waals surface area contributed by atoms with Gasteiger partial charge in [-0.2, -0.15) is 5.10 Å². The van der Waals surface area contributed by atoms with Gasteiger partial charge in [-0.3, -0.25) is 14.9 Å². The van der Waals surface area contributed by atoms with Gasteiger partial charge in [-0.25, -0.2) is 10.4 Å². The van der Waals surface area contributed by atoms with Gasteiger partial charge in [0.25, 0.3) is 11.6 Å². The highest BCUT2D eigenvalue weighted by molar-refractivity contribution is 7.17. The van der Waals surface area contributed by atoms with Crippen LogP contribution in [0.5, 0.6) is 0 Å². The van der Waals surface area contributed by atoms with E-state index in [2.05, 4.69) is 15.5 Å². The molecule has 0 unspecified atom stereocenters. The molecule has 22 heavy (non-hydrogen) atoms. The molecule has 0 atom stereocenters. The molecule has 2 rings (SSSR count). The van der Waals surface area contributed by atoms with E-state index in [9.17, 15) is 14.9 Å². The van der Waals surface area contributed by atoms with Gasteiger partial charge in [0.05, 0.1) is 16.3 Å². The Morgan fingerprint density at radius 1 is 1.50 bits per heavy atom. The molecule has 1 aromatic carbocycles. The predicted molar refractivity (Wildman–Crippen MR) is 84.0 cm³/mol. The lowest BCUT2D eigenvalue weighted by molar-refractivity contribution is -0.384. The van der Waals surface area contributed by atoms with Crippen molar-refractivity contribution in [2.75, 3.05) is 5.73 Å². The molecule has 0 spiro atoms. The van der Waals surface area contributed by atoms with Crippen molar-refractivity contribution in [2.24, 2.45) is 5.10 Å². The molecule has 0 aliphatic heterocycles. The van der Waals surface area contributed by atoms with Crippen LogP contribution in [0.3, 0.4) is 0 Å². The Labute approximate surface area is 129 Å². The summed E-state index contributed by atoms with van der Waals surface area (Å²) in [6.07, 6.45) is 0. The Balaban J connectivity index is 2.16. The van der Waals surface area contributed by atoms with Gasteiger partial charge in [-0.05, 0) is 13.8 Å². The smallest absolute Gasteiger partial charge is 0.283 e. The highest BCUT2D eigenvalue weighted by Crippen LogP contribution is 2.19. The first kappa shape index (κ1) is 15.6. The summed E-state index contributed by atoms with van der Waals surface area (Å²) < 4.78 is 0. The van der Waals surface area contributed by atoms with Crippen LogP contribution in [0.4, 0.5) is 10.8 Å². The van der Waals surface area contributed by atoms with E-state index in [0.29, 0.717) is 27.0 Å². The maximum atomic E-state index is 12.0. The van der Waals surface area contributed by atoms with Gasteiger partial charge in [-0.15, -0.1) is 0 Å². The summed E-state index contributed by atoms with van der Waals surface area (Å²) in [4.78, 5) is 26.6. The molecule has 0 saturated carbocycles. The minimum Gasteiger partial charge on any atom is -0.375 e. The Kier molecular flexibility index (Phi) is 4.47. The summed E-state index contributed by atoms with van der Waals surface area (Å²) in [6, 6.07) is 6.01. The number of hydrazone groups is 1. The fraction of sp³-hybridized carbons (Fsp3) is 0.154. The average Bonchev–Trinajstić information content (AvgIpc) is 2.83. The van der Waals surface area contributed by atoms with Crippen LogP contribution in [-0.2, 0) is 0 Å². The zero-order valence-corrected chi connectivity index (χ0v) is 12.7. The first-order chi connectivity index (χ1) is 10.4. The van der Waals surface area contributed by atoms with Crippen LogP contribution in [0, 0.1) is 17.0 Å². The van der Waals surface area contributed by atoms with Gasteiger partial charge in [0.15, 0.2) is 5.13 Å². The third-order valence-corrected chi connectivity index (χ3v) is 3.80. The Bertz CT molecular complexity index is 769. The number of hydrogen-bond donors (Lipinski definition) is 2. The summed E-state index contributed by atoms with van der Waals surface area (Å²) in [7, 11) is 0. The van der Waals surface area contributed by atoms with Crippen molar-refractivity contribution >= 4 is 33.8 Å². The van der Waals surface area contributed by atoms with Crippen molar-refractivity contribution in [1.29, 1.82) is 0 Å². The van der Waals surface area contributed by atoms with Crippen LogP contribution in [-0.4, -0.2) is 21.5 Å². The minimum atomic E-state index is -0.487. The van der Waals surface area contributed by atoms with Crippen LogP contribution in [0.15, 0.2) is 29.4 Å². The highest BCUT2D eigenvalue weighted by Gasteiger charge is 2.14. The molecule has 1 amide bonds. The summed E-state index contributed by atoms with van der Waals surface area (Å²) in [5, 5.41) is 15.0. The zero-order chi connectivity index (χ0) is 16.3. The number of nitrogens with two attached hydrogens (primary N) is 1. The number of non-ortho nitro benzene ring substituents is 1. The quantitative estimate of drug-likeness (QED) is 0.507. The van der Waals surface area contributed by atoms with E-state index >= 15 is 0 Å². The van der Waals surface area contributed by atoms with Gasteiger partial charge in [0, 0.05) is 17.7 Å². The van der Waals surface area contributed by atoms with E-state index in [-0.39, 0.29) is 5.69 Å². The second-order valence-corrected chi connectivity index (χ2v) is 5.44. The number of carbonyl (C=O) groups excluding carboxylic acids is 1.